The molecule has 0 radical (unpaired) electrons. The smallest absolute Gasteiger partial charge is 0.301 e. The zero-order chi connectivity index (χ0) is 25.4. The number of nitrogens with zero attached hydrogens (tertiary/aromatic N) is 2. The van der Waals surface area contributed by atoms with Crippen LogP contribution in [0, 0.1) is 0 Å². The van der Waals surface area contributed by atoms with Gasteiger partial charge in [0.15, 0.2) is 5.13 Å². The molecule has 1 amide bonds. The van der Waals surface area contributed by atoms with E-state index in [0.29, 0.717) is 39.0 Å². The van der Waals surface area contributed by atoms with Crippen LogP contribution in [0.15, 0.2) is 72.3 Å². The van der Waals surface area contributed by atoms with Crippen molar-refractivity contribution in [2.24, 2.45) is 0 Å². The molecule has 9 heteroatoms. The second-order valence-electron chi connectivity index (χ2n) is 8.00. The molecule has 0 unspecified atom stereocenters. The van der Waals surface area contributed by atoms with Crippen molar-refractivity contribution in [1.82, 2.24) is 4.98 Å². The minimum Gasteiger partial charge on any atom is -0.507 e. The first kappa shape index (κ1) is 23.4. The van der Waals surface area contributed by atoms with Crippen LogP contribution >= 0.6 is 11.3 Å². The lowest BCUT2D eigenvalue weighted by Gasteiger charge is -2.23. The van der Waals surface area contributed by atoms with Crippen LogP contribution in [0.2, 0.25) is 0 Å². The Labute approximate surface area is 211 Å². The van der Waals surface area contributed by atoms with E-state index in [1.165, 1.54) is 23.3 Å². The number of ketones is 1. The van der Waals surface area contributed by atoms with E-state index in [0.717, 1.165) is 4.70 Å². The summed E-state index contributed by atoms with van der Waals surface area (Å²) in [4.78, 5) is 32.7. The van der Waals surface area contributed by atoms with Gasteiger partial charge in [-0.25, -0.2) is 4.98 Å². The average Bonchev–Trinajstić information content (AvgIpc) is 3.45. The average molecular weight is 503 g/mol. The molecule has 36 heavy (non-hydrogen) atoms. The van der Waals surface area contributed by atoms with Gasteiger partial charge in [-0.1, -0.05) is 23.5 Å². The number of rotatable bonds is 6. The molecule has 1 saturated heterocycles. The maximum Gasteiger partial charge on any atom is 0.301 e. The predicted molar refractivity (Wildman–Crippen MR) is 137 cm³/mol. The topological polar surface area (TPSA) is 98.2 Å². The summed E-state index contributed by atoms with van der Waals surface area (Å²) in [6.45, 7) is 0. The van der Waals surface area contributed by atoms with Gasteiger partial charge in [-0.05, 0) is 60.2 Å². The number of aliphatic hydroxyl groups excluding tert-OH is 1. The normalized spacial score (nSPS) is 17.0. The molecular formula is C27H22N2O6S. The van der Waals surface area contributed by atoms with E-state index in [-0.39, 0.29) is 11.3 Å². The summed E-state index contributed by atoms with van der Waals surface area (Å²) < 4.78 is 16.6. The van der Waals surface area contributed by atoms with Crippen LogP contribution in [-0.2, 0) is 9.59 Å². The largest absolute Gasteiger partial charge is 0.507 e. The Morgan fingerprint density at radius 3 is 2.06 bits per heavy atom. The van der Waals surface area contributed by atoms with Gasteiger partial charge in [-0.15, -0.1) is 0 Å². The number of benzene rings is 3. The highest BCUT2D eigenvalue weighted by molar-refractivity contribution is 7.22. The van der Waals surface area contributed by atoms with Crippen molar-refractivity contribution in [3.63, 3.8) is 0 Å². The summed E-state index contributed by atoms with van der Waals surface area (Å²) >= 11 is 1.27. The second-order valence-corrected chi connectivity index (χ2v) is 9.01. The fourth-order valence-corrected chi connectivity index (χ4v) is 5.18. The van der Waals surface area contributed by atoms with Crippen molar-refractivity contribution in [2.45, 2.75) is 6.04 Å². The van der Waals surface area contributed by atoms with Gasteiger partial charge in [-0.2, -0.15) is 0 Å². The molecule has 0 aliphatic carbocycles. The zero-order valence-electron chi connectivity index (χ0n) is 19.7. The monoisotopic (exact) mass is 502 g/mol. The maximum absolute atomic E-state index is 13.4. The predicted octanol–water partition coefficient (Wildman–Crippen LogP) is 4.95. The molecule has 182 valence electrons. The Morgan fingerprint density at radius 2 is 1.44 bits per heavy atom. The first-order valence-corrected chi connectivity index (χ1v) is 11.8. The number of hydrogen-bond acceptors (Lipinski definition) is 8. The maximum atomic E-state index is 13.4. The molecule has 4 aromatic rings. The third kappa shape index (κ3) is 3.93. The van der Waals surface area contributed by atoms with Crippen molar-refractivity contribution < 1.29 is 28.9 Å². The number of hydrogen-bond donors (Lipinski definition) is 1. The molecule has 1 aliphatic rings. The van der Waals surface area contributed by atoms with E-state index in [1.807, 2.05) is 6.07 Å². The van der Waals surface area contributed by atoms with Crippen LogP contribution in [0.3, 0.4) is 0 Å². The number of thiazole rings is 1. The van der Waals surface area contributed by atoms with Gasteiger partial charge in [0.2, 0.25) is 0 Å². The quantitative estimate of drug-likeness (QED) is 0.226. The third-order valence-electron chi connectivity index (χ3n) is 6.03. The molecule has 2 heterocycles. The van der Waals surface area contributed by atoms with E-state index < -0.39 is 17.7 Å². The number of amides is 1. The van der Waals surface area contributed by atoms with E-state index >= 15 is 0 Å². The third-order valence-corrected chi connectivity index (χ3v) is 7.05. The highest BCUT2D eigenvalue weighted by atomic mass is 32.1. The molecule has 0 bridgehead atoms. The van der Waals surface area contributed by atoms with Gasteiger partial charge in [0, 0.05) is 5.56 Å². The lowest BCUT2D eigenvalue weighted by Crippen LogP contribution is -2.29. The highest BCUT2D eigenvalue weighted by Crippen LogP contribution is 2.45. The summed E-state index contributed by atoms with van der Waals surface area (Å²) in [5.41, 5.74) is 1.66. The fourth-order valence-electron chi connectivity index (χ4n) is 4.16. The molecule has 0 saturated carbocycles. The van der Waals surface area contributed by atoms with E-state index in [1.54, 1.807) is 74.9 Å². The molecule has 1 fully saturated rings. The SMILES string of the molecule is COc1ccc(/C(O)=C2\C(=O)C(=O)N(c3nc4ccc(OC)cc4s3)[C@@H]2c2ccc(OC)cc2)cc1. The van der Waals surface area contributed by atoms with Crippen molar-refractivity contribution in [1.29, 1.82) is 0 Å². The molecule has 1 aromatic heterocycles. The van der Waals surface area contributed by atoms with Crippen molar-refractivity contribution in [3.05, 3.63) is 83.4 Å². The molecule has 1 atom stereocenters. The number of anilines is 1. The van der Waals surface area contributed by atoms with Crippen LogP contribution < -0.4 is 19.1 Å². The van der Waals surface area contributed by atoms with Gasteiger partial charge >= 0.3 is 5.91 Å². The molecular weight excluding hydrogens is 480 g/mol. The number of aromatic nitrogens is 1. The summed E-state index contributed by atoms with van der Waals surface area (Å²) in [5, 5.41) is 11.6. The van der Waals surface area contributed by atoms with Gasteiger partial charge < -0.3 is 19.3 Å². The molecule has 8 nitrogen and oxygen atoms in total. The second kappa shape index (κ2) is 9.35. The minimum absolute atomic E-state index is 0.0211. The number of carbonyl (C=O) groups excluding carboxylic acids is 2. The first-order chi connectivity index (χ1) is 17.4. The number of fused-ring (bicyclic) bond motifs is 1. The van der Waals surface area contributed by atoms with Gasteiger partial charge in [0.1, 0.15) is 23.0 Å². The Balaban J connectivity index is 1.69. The van der Waals surface area contributed by atoms with Crippen molar-refractivity contribution in [2.75, 3.05) is 26.2 Å². The highest BCUT2D eigenvalue weighted by Gasteiger charge is 2.48. The molecule has 5 rings (SSSR count). The summed E-state index contributed by atoms with van der Waals surface area (Å²) in [5.74, 6) is 0.0486. The van der Waals surface area contributed by atoms with Gasteiger partial charge in [-0.3, -0.25) is 14.5 Å². The Bertz CT molecular complexity index is 1490. The van der Waals surface area contributed by atoms with Crippen LogP contribution in [0.1, 0.15) is 17.2 Å². The number of carbonyl (C=O) groups is 2. The van der Waals surface area contributed by atoms with Crippen molar-refractivity contribution >= 4 is 44.1 Å². The minimum atomic E-state index is -0.888. The van der Waals surface area contributed by atoms with E-state index in [2.05, 4.69) is 4.98 Å². The van der Waals surface area contributed by atoms with Crippen LogP contribution in [-0.4, -0.2) is 43.1 Å². The molecule has 3 aromatic carbocycles. The number of Topliss-reactive ketones (excluding diaryl/α,β-unsaturated/α-hetero) is 1. The summed E-state index contributed by atoms with van der Waals surface area (Å²) in [7, 11) is 4.67. The lowest BCUT2D eigenvalue weighted by atomic mass is 9.95. The van der Waals surface area contributed by atoms with E-state index in [4.69, 9.17) is 14.2 Å². The van der Waals surface area contributed by atoms with Crippen molar-refractivity contribution in [3.8, 4) is 17.2 Å². The number of ether oxygens (including phenoxy) is 3. The number of methoxy groups -OCH3 is 3. The summed E-state index contributed by atoms with van der Waals surface area (Å²) in [6, 6.07) is 18.1. The van der Waals surface area contributed by atoms with Crippen LogP contribution in [0.5, 0.6) is 17.2 Å². The summed E-state index contributed by atoms with van der Waals surface area (Å²) in [6.07, 6.45) is 0. The molecule has 1 N–H and O–H groups in total. The van der Waals surface area contributed by atoms with Gasteiger partial charge in [0.25, 0.3) is 5.78 Å². The molecule has 0 spiro atoms. The van der Waals surface area contributed by atoms with E-state index in [9.17, 15) is 14.7 Å². The Hall–Kier alpha value is -4.37. The fraction of sp³-hybridized carbons (Fsp3) is 0.148. The first-order valence-electron chi connectivity index (χ1n) is 11.0. The van der Waals surface area contributed by atoms with Crippen LogP contribution in [0.25, 0.3) is 16.0 Å². The zero-order valence-corrected chi connectivity index (χ0v) is 20.5. The Morgan fingerprint density at radius 1 is 0.861 bits per heavy atom. The lowest BCUT2D eigenvalue weighted by molar-refractivity contribution is -0.132. The molecule has 1 aliphatic heterocycles. The Kier molecular flexibility index (Phi) is 6.07. The van der Waals surface area contributed by atoms with Crippen LogP contribution in [0.4, 0.5) is 5.13 Å². The van der Waals surface area contributed by atoms with Gasteiger partial charge in [0.05, 0.1) is 43.2 Å². The number of aliphatic hydroxyl groups is 1. The standard InChI is InChI=1S/C27H22N2O6S/c1-33-17-8-4-15(5-9-17)23-22(24(30)16-6-10-18(34-2)11-7-16)25(31)26(32)29(23)27-28-20-13-12-19(35-3)14-21(20)36-27/h4-14,23,30H,1-3H3/b24-22+/t23-/m1/s1.